The van der Waals surface area contributed by atoms with Gasteiger partial charge in [-0.1, -0.05) is 35.3 Å². The van der Waals surface area contributed by atoms with Gasteiger partial charge in [-0.25, -0.2) is 14.8 Å². The standard InChI is InChI=1S/C22H26Cl2N6O2/c1-21(2,3)32-20(31)27-22(4)8-10-30(11-9-22)15-12-25-18-17(28-29-19(18)26-15)13-6-5-7-14(23)16(13)24/h5-7,12H,8-11H2,1-4H3,(H,27,31)(H,26,28,29). The van der Waals surface area contributed by atoms with Gasteiger partial charge in [0.25, 0.3) is 0 Å². The second-order valence-corrected chi connectivity index (χ2v) is 10.1. The Morgan fingerprint density at radius 1 is 1.25 bits per heavy atom. The number of ether oxygens (including phenoxy) is 1. The predicted octanol–water partition coefficient (Wildman–Crippen LogP) is 5.21. The molecule has 1 aliphatic heterocycles. The van der Waals surface area contributed by atoms with Crippen molar-refractivity contribution in [3.05, 3.63) is 34.4 Å². The van der Waals surface area contributed by atoms with Gasteiger partial charge >= 0.3 is 6.09 Å². The second kappa shape index (κ2) is 8.41. The fourth-order valence-electron chi connectivity index (χ4n) is 3.72. The molecule has 3 aromatic rings. The molecule has 0 bridgehead atoms. The summed E-state index contributed by atoms with van der Waals surface area (Å²) in [5.41, 5.74) is 1.67. The van der Waals surface area contributed by atoms with Crippen LogP contribution in [0.3, 0.4) is 0 Å². The van der Waals surface area contributed by atoms with E-state index in [4.69, 9.17) is 32.9 Å². The molecule has 1 aromatic carbocycles. The molecular formula is C22H26Cl2N6O2. The summed E-state index contributed by atoms with van der Waals surface area (Å²) in [4.78, 5) is 23.7. The first-order valence-corrected chi connectivity index (χ1v) is 11.2. The molecule has 3 heterocycles. The number of fused-ring (bicyclic) bond motifs is 1. The second-order valence-electron chi connectivity index (χ2n) is 9.27. The van der Waals surface area contributed by atoms with Crippen LogP contribution in [0.25, 0.3) is 22.4 Å². The zero-order valence-corrected chi connectivity index (χ0v) is 20.0. The molecule has 2 N–H and O–H groups in total. The lowest BCUT2D eigenvalue weighted by atomic mass is 9.90. The van der Waals surface area contributed by atoms with Crippen molar-refractivity contribution < 1.29 is 9.53 Å². The molecule has 0 aliphatic carbocycles. The summed E-state index contributed by atoms with van der Waals surface area (Å²) in [6, 6.07) is 5.40. The monoisotopic (exact) mass is 476 g/mol. The SMILES string of the molecule is CC1(NC(=O)OC(C)(C)C)CCN(c2cnc3c(-c4cccc(Cl)c4Cl)n[nH]c3n2)CC1. The molecule has 0 atom stereocenters. The molecule has 0 saturated carbocycles. The fraction of sp³-hybridized carbons (Fsp3) is 0.455. The van der Waals surface area contributed by atoms with Crippen molar-refractivity contribution in [2.45, 2.75) is 51.7 Å². The quantitative estimate of drug-likeness (QED) is 0.538. The van der Waals surface area contributed by atoms with Crippen molar-refractivity contribution in [1.29, 1.82) is 0 Å². The number of aromatic amines is 1. The van der Waals surface area contributed by atoms with Crippen LogP contribution in [0.2, 0.25) is 10.0 Å². The third-order valence-electron chi connectivity index (χ3n) is 5.46. The van der Waals surface area contributed by atoms with Crippen LogP contribution < -0.4 is 10.2 Å². The number of benzene rings is 1. The van der Waals surface area contributed by atoms with E-state index in [-0.39, 0.29) is 11.6 Å². The van der Waals surface area contributed by atoms with E-state index >= 15 is 0 Å². The number of piperidine rings is 1. The average molecular weight is 477 g/mol. The van der Waals surface area contributed by atoms with Gasteiger partial charge in [0.1, 0.15) is 22.6 Å². The number of amides is 1. The summed E-state index contributed by atoms with van der Waals surface area (Å²) in [6.45, 7) is 9.06. The highest BCUT2D eigenvalue weighted by atomic mass is 35.5. The van der Waals surface area contributed by atoms with E-state index in [0.717, 1.165) is 31.7 Å². The maximum atomic E-state index is 12.2. The summed E-state index contributed by atoms with van der Waals surface area (Å²) in [5, 5.41) is 11.2. The molecule has 1 aliphatic rings. The molecule has 1 fully saturated rings. The van der Waals surface area contributed by atoms with Crippen molar-refractivity contribution in [2.75, 3.05) is 18.0 Å². The molecular weight excluding hydrogens is 451 g/mol. The number of aromatic nitrogens is 4. The van der Waals surface area contributed by atoms with Crippen LogP contribution in [0.4, 0.5) is 10.6 Å². The minimum Gasteiger partial charge on any atom is -0.444 e. The summed E-state index contributed by atoms with van der Waals surface area (Å²) >= 11 is 12.5. The number of nitrogens with zero attached hydrogens (tertiary/aromatic N) is 4. The molecule has 0 radical (unpaired) electrons. The van der Waals surface area contributed by atoms with Crippen LogP contribution >= 0.6 is 23.2 Å². The molecule has 2 aromatic heterocycles. The van der Waals surface area contributed by atoms with Crippen LogP contribution in [0.1, 0.15) is 40.5 Å². The lowest BCUT2D eigenvalue weighted by molar-refractivity contribution is 0.0448. The van der Waals surface area contributed by atoms with Crippen molar-refractivity contribution in [2.24, 2.45) is 0 Å². The lowest BCUT2D eigenvalue weighted by Crippen LogP contribution is -2.54. The van der Waals surface area contributed by atoms with Crippen molar-refractivity contribution in [1.82, 2.24) is 25.5 Å². The normalized spacial score (nSPS) is 16.2. The van der Waals surface area contributed by atoms with Gasteiger partial charge in [-0.15, -0.1) is 0 Å². The molecule has 1 saturated heterocycles. The molecule has 4 rings (SSSR count). The number of carbonyl (C=O) groups is 1. The first kappa shape index (κ1) is 22.6. The van der Waals surface area contributed by atoms with Crippen LogP contribution in [0.5, 0.6) is 0 Å². The Bertz CT molecular complexity index is 1150. The van der Waals surface area contributed by atoms with Crippen LogP contribution in [-0.4, -0.2) is 50.5 Å². The van der Waals surface area contributed by atoms with Gasteiger partial charge in [0.05, 0.1) is 16.2 Å². The number of alkyl carbamates (subject to hydrolysis) is 1. The smallest absolute Gasteiger partial charge is 0.408 e. The fourth-order valence-corrected chi connectivity index (χ4v) is 4.11. The number of rotatable bonds is 3. The molecule has 0 spiro atoms. The molecule has 0 unspecified atom stereocenters. The summed E-state index contributed by atoms with van der Waals surface area (Å²) in [5.74, 6) is 0.754. The van der Waals surface area contributed by atoms with E-state index in [0.29, 0.717) is 32.5 Å². The lowest BCUT2D eigenvalue weighted by Gasteiger charge is -2.40. The average Bonchev–Trinajstić information content (AvgIpc) is 3.12. The van der Waals surface area contributed by atoms with Gasteiger partial charge in [0.15, 0.2) is 5.65 Å². The highest BCUT2D eigenvalue weighted by molar-refractivity contribution is 6.43. The number of halogens is 2. The van der Waals surface area contributed by atoms with Crippen LogP contribution in [-0.2, 0) is 4.74 Å². The molecule has 1 amide bonds. The molecule has 32 heavy (non-hydrogen) atoms. The van der Waals surface area contributed by atoms with E-state index in [1.807, 2.05) is 39.8 Å². The van der Waals surface area contributed by atoms with E-state index < -0.39 is 5.60 Å². The third kappa shape index (κ3) is 4.76. The Balaban J connectivity index is 1.48. The topological polar surface area (TPSA) is 96.0 Å². The maximum Gasteiger partial charge on any atom is 0.408 e. The number of nitrogens with one attached hydrogen (secondary N) is 2. The number of anilines is 1. The van der Waals surface area contributed by atoms with Gasteiger partial charge in [-0.2, -0.15) is 5.10 Å². The molecule has 170 valence electrons. The highest BCUT2D eigenvalue weighted by Crippen LogP contribution is 2.35. The zero-order valence-electron chi connectivity index (χ0n) is 18.5. The summed E-state index contributed by atoms with van der Waals surface area (Å²) in [7, 11) is 0. The van der Waals surface area contributed by atoms with Crippen LogP contribution in [0, 0.1) is 0 Å². The Morgan fingerprint density at radius 3 is 2.66 bits per heavy atom. The molecule has 10 heteroatoms. The number of hydrogen-bond acceptors (Lipinski definition) is 6. The van der Waals surface area contributed by atoms with Crippen molar-refractivity contribution in [3.63, 3.8) is 0 Å². The first-order valence-electron chi connectivity index (χ1n) is 10.5. The van der Waals surface area contributed by atoms with Crippen molar-refractivity contribution in [3.8, 4) is 11.3 Å². The predicted molar refractivity (Wildman–Crippen MR) is 126 cm³/mol. The van der Waals surface area contributed by atoms with E-state index in [1.165, 1.54) is 0 Å². The van der Waals surface area contributed by atoms with Gasteiger partial charge < -0.3 is 15.0 Å². The van der Waals surface area contributed by atoms with Gasteiger partial charge in [0.2, 0.25) is 0 Å². The largest absolute Gasteiger partial charge is 0.444 e. The van der Waals surface area contributed by atoms with E-state index in [1.54, 1.807) is 12.3 Å². The Labute approximate surface area is 196 Å². The Hall–Kier alpha value is -2.58. The number of H-pyrrole nitrogens is 1. The molecule has 8 nitrogen and oxygen atoms in total. The Kier molecular flexibility index (Phi) is 5.94. The van der Waals surface area contributed by atoms with Gasteiger partial charge in [-0.05, 0) is 46.6 Å². The number of carbonyl (C=O) groups excluding carboxylic acids is 1. The zero-order chi connectivity index (χ0) is 23.1. The third-order valence-corrected chi connectivity index (χ3v) is 6.28. The summed E-state index contributed by atoms with van der Waals surface area (Å²) in [6.07, 6.45) is 2.87. The Morgan fingerprint density at radius 2 is 1.97 bits per heavy atom. The minimum absolute atomic E-state index is 0.332. The highest BCUT2D eigenvalue weighted by Gasteiger charge is 2.33. The van der Waals surface area contributed by atoms with E-state index in [9.17, 15) is 4.79 Å². The minimum atomic E-state index is -0.523. The van der Waals surface area contributed by atoms with E-state index in [2.05, 4.69) is 25.4 Å². The van der Waals surface area contributed by atoms with Crippen molar-refractivity contribution >= 4 is 46.3 Å². The van der Waals surface area contributed by atoms with Gasteiger partial charge in [-0.3, -0.25) is 5.10 Å². The van der Waals surface area contributed by atoms with Gasteiger partial charge in [0, 0.05) is 24.2 Å². The maximum absolute atomic E-state index is 12.2. The summed E-state index contributed by atoms with van der Waals surface area (Å²) < 4.78 is 5.41. The number of hydrogen-bond donors (Lipinski definition) is 2. The first-order chi connectivity index (χ1) is 15.0. The van der Waals surface area contributed by atoms with Crippen LogP contribution in [0.15, 0.2) is 24.4 Å².